The van der Waals surface area contributed by atoms with Gasteiger partial charge in [0.1, 0.15) is 23.3 Å². The number of benzene rings is 1. The van der Waals surface area contributed by atoms with Crippen LogP contribution in [0.3, 0.4) is 0 Å². The number of ether oxygens (including phenoxy) is 2. The fourth-order valence-corrected chi connectivity index (χ4v) is 3.13. The van der Waals surface area contributed by atoms with Gasteiger partial charge in [-0.1, -0.05) is 12.1 Å². The molecule has 30 heavy (non-hydrogen) atoms. The summed E-state index contributed by atoms with van der Waals surface area (Å²) < 4.78 is 25.3. The largest absolute Gasteiger partial charge is 0.464 e. The van der Waals surface area contributed by atoms with Gasteiger partial charge in [-0.05, 0) is 36.8 Å². The number of aryl methyl sites for hydroxylation is 1. The zero-order valence-corrected chi connectivity index (χ0v) is 16.5. The zero-order chi connectivity index (χ0) is 21.3. The lowest BCUT2D eigenvalue weighted by atomic mass is 10.1. The minimum absolute atomic E-state index is 0.254. The molecule has 2 N–H and O–H groups in total. The van der Waals surface area contributed by atoms with Crippen LogP contribution in [0.2, 0.25) is 0 Å². The van der Waals surface area contributed by atoms with E-state index in [2.05, 4.69) is 25.5 Å². The molecule has 3 aromatic heterocycles. The molecule has 0 bridgehead atoms. The molecule has 0 amide bonds. The molecule has 0 saturated carbocycles. The highest BCUT2D eigenvalue weighted by Gasteiger charge is 2.23. The van der Waals surface area contributed by atoms with Crippen molar-refractivity contribution in [1.82, 2.24) is 24.6 Å². The fourth-order valence-electron chi connectivity index (χ4n) is 3.13. The minimum atomic E-state index is -0.645. The number of anilines is 2. The van der Waals surface area contributed by atoms with Gasteiger partial charge in [-0.3, -0.25) is 9.50 Å². The van der Waals surface area contributed by atoms with Crippen LogP contribution in [0.25, 0.3) is 5.65 Å². The number of hydrogen-bond acceptors (Lipinski definition) is 7. The maximum absolute atomic E-state index is 13.3. The number of aromatic nitrogens is 5. The van der Waals surface area contributed by atoms with Crippen molar-refractivity contribution >= 4 is 23.4 Å². The van der Waals surface area contributed by atoms with Crippen molar-refractivity contribution in [2.75, 3.05) is 19.5 Å². The third-order valence-corrected chi connectivity index (χ3v) is 4.50. The molecule has 0 saturated heterocycles. The highest BCUT2D eigenvalue weighted by atomic mass is 19.1. The van der Waals surface area contributed by atoms with Gasteiger partial charge in [0.2, 0.25) is 5.95 Å². The second-order valence-electron chi connectivity index (χ2n) is 6.54. The molecule has 154 valence electrons. The van der Waals surface area contributed by atoms with Crippen LogP contribution in [0.1, 0.15) is 33.7 Å². The van der Waals surface area contributed by atoms with E-state index in [4.69, 9.17) is 9.47 Å². The smallest absolute Gasteiger partial charge is 0.355 e. The molecule has 4 aromatic rings. The Hall–Kier alpha value is -3.79. The highest BCUT2D eigenvalue weighted by Crippen LogP contribution is 2.27. The third-order valence-electron chi connectivity index (χ3n) is 4.50. The van der Waals surface area contributed by atoms with E-state index in [-0.39, 0.29) is 11.5 Å². The third kappa shape index (κ3) is 3.60. The highest BCUT2D eigenvalue weighted by molar-refractivity contribution is 5.89. The first-order chi connectivity index (χ1) is 14.5. The molecular formula is C20H19FN6O3. The van der Waals surface area contributed by atoms with E-state index in [0.29, 0.717) is 28.8 Å². The Morgan fingerprint density at radius 2 is 1.93 bits per heavy atom. The van der Waals surface area contributed by atoms with Gasteiger partial charge in [0, 0.05) is 18.9 Å². The van der Waals surface area contributed by atoms with Crippen LogP contribution >= 0.6 is 0 Å². The first-order valence-corrected chi connectivity index (χ1v) is 9.05. The van der Waals surface area contributed by atoms with Crippen LogP contribution in [-0.2, 0) is 9.47 Å². The quantitative estimate of drug-likeness (QED) is 0.470. The summed E-state index contributed by atoms with van der Waals surface area (Å²) in [7, 11) is 2.82. The Morgan fingerprint density at radius 3 is 2.57 bits per heavy atom. The Labute approximate surface area is 170 Å². The topological polar surface area (TPSA) is 106 Å². The van der Waals surface area contributed by atoms with Crippen LogP contribution in [0.15, 0.2) is 42.5 Å². The number of aromatic amines is 1. The van der Waals surface area contributed by atoms with Gasteiger partial charge < -0.3 is 14.8 Å². The number of esters is 1. The Kier molecular flexibility index (Phi) is 5.15. The Morgan fingerprint density at radius 1 is 1.17 bits per heavy atom. The molecule has 1 unspecified atom stereocenters. The molecule has 1 aromatic carbocycles. The van der Waals surface area contributed by atoms with Gasteiger partial charge in [-0.15, -0.1) is 0 Å². The fraction of sp³-hybridized carbons (Fsp3) is 0.200. The molecule has 0 spiro atoms. The number of H-pyrrole nitrogens is 1. The average Bonchev–Trinajstić information content (AvgIpc) is 3.35. The van der Waals surface area contributed by atoms with E-state index in [9.17, 15) is 9.18 Å². The van der Waals surface area contributed by atoms with E-state index >= 15 is 0 Å². The van der Waals surface area contributed by atoms with Gasteiger partial charge in [-0.2, -0.15) is 10.1 Å². The molecule has 10 heteroatoms. The number of nitrogens with zero attached hydrogens (tertiary/aromatic N) is 4. The number of carbonyl (C=O) groups excluding carboxylic acids is 1. The lowest BCUT2D eigenvalue weighted by Gasteiger charge is -2.17. The number of rotatable bonds is 6. The standard InChI is InChI=1S/C20H19FN6O3/c1-11-10-15(26-25-11)22-20-24-18(17(29-2)12-4-6-13(21)7-5-12)23-16-9-8-14(27(16)20)19(28)30-3/h4-10,17H,1-3H3,(H2,22,23,24,25,26). The second kappa shape index (κ2) is 7.91. The monoisotopic (exact) mass is 410 g/mol. The number of methoxy groups -OCH3 is 2. The molecule has 1 atom stereocenters. The SMILES string of the molecule is COC(=O)c1ccc2nc(C(OC)c3ccc(F)cc3)nc(Nc3cc(C)[nH]n3)n12. The molecule has 4 rings (SSSR count). The van der Waals surface area contributed by atoms with Gasteiger partial charge >= 0.3 is 5.97 Å². The summed E-state index contributed by atoms with van der Waals surface area (Å²) in [6.07, 6.45) is -0.645. The summed E-state index contributed by atoms with van der Waals surface area (Å²) in [4.78, 5) is 21.3. The minimum Gasteiger partial charge on any atom is -0.464 e. The molecular weight excluding hydrogens is 391 g/mol. The summed E-state index contributed by atoms with van der Waals surface area (Å²) in [5, 5.41) is 10.1. The molecule has 0 fully saturated rings. The summed E-state index contributed by atoms with van der Waals surface area (Å²) >= 11 is 0. The van der Waals surface area contributed by atoms with Crippen molar-refractivity contribution in [2.45, 2.75) is 13.0 Å². The molecule has 0 aliphatic rings. The first-order valence-electron chi connectivity index (χ1n) is 9.05. The van der Waals surface area contributed by atoms with Crippen molar-refractivity contribution in [3.63, 3.8) is 0 Å². The maximum Gasteiger partial charge on any atom is 0.355 e. The summed E-state index contributed by atoms with van der Waals surface area (Å²) in [5.41, 5.74) is 2.25. The van der Waals surface area contributed by atoms with E-state index in [1.54, 1.807) is 30.3 Å². The predicted octanol–water partition coefficient (Wildman–Crippen LogP) is 3.17. The van der Waals surface area contributed by atoms with Crippen molar-refractivity contribution in [3.8, 4) is 0 Å². The van der Waals surface area contributed by atoms with Crippen molar-refractivity contribution in [2.24, 2.45) is 0 Å². The lowest BCUT2D eigenvalue weighted by molar-refractivity contribution is 0.0593. The molecule has 0 aliphatic carbocycles. The van der Waals surface area contributed by atoms with Crippen LogP contribution in [0.4, 0.5) is 16.2 Å². The van der Waals surface area contributed by atoms with Crippen molar-refractivity contribution in [3.05, 3.63) is 71.1 Å². The molecule has 0 radical (unpaired) electrons. The predicted molar refractivity (Wildman–Crippen MR) is 106 cm³/mol. The first kappa shape index (κ1) is 19.5. The van der Waals surface area contributed by atoms with Gasteiger partial charge in [0.15, 0.2) is 11.6 Å². The Balaban J connectivity index is 1.86. The number of fused-ring (bicyclic) bond motifs is 1. The number of carbonyl (C=O) groups is 1. The van der Waals surface area contributed by atoms with Gasteiger partial charge in [0.05, 0.1) is 7.11 Å². The number of nitrogens with one attached hydrogen (secondary N) is 2. The van der Waals surface area contributed by atoms with Crippen LogP contribution < -0.4 is 5.32 Å². The lowest BCUT2D eigenvalue weighted by Crippen LogP contribution is -2.15. The Bertz CT molecular complexity index is 1200. The molecule has 3 heterocycles. The second-order valence-corrected chi connectivity index (χ2v) is 6.54. The summed E-state index contributed by atoms with van der Waals surface area (Å²) in [6.45, 7) is 1.87. The zero-order valence-electron chi connectivity index (χ0n) is 16.5. The van der Waals surface area contributed by atoms with Crippen LogP contribution in [-0.4, -0.2) is 44.8 Å². The molecule has 9 nitrogen and oxygen atoms in total. The van der Waals surface area contributed by atoms with E-state index < -0.39 is 12.1 Å². The molecule has 0 aliphatic heterocycles. The van der Waals surface area contributed by atoms with Gasteiger partial charge in [0.25, 0.3) is 0 Å². The maximum atomic E-state index is 13.3. The average molecular weight is 410 g/mol. The summed E-state index contributed by atoms with van der Waals surface area (Å²) in [6, 6.07) is 11.0. The number of hydrogen-bond donors (Lipinski definition) is 2. The van der Waals surface area contributed by atoms with Gasteiger partial charge in [-0.25, -0.2) is 14.2 Å². The van der Waals surface area contributed by atoms with Crippen molar-refractivity contribution in [1.29, 1.82) is 0 Å². The van der Waals surface area contributed by atoms with Crippen molar-refractivity contribution < 1.29 is 18.7 Å². The summed E-state index contributed by atoms with van der Waals surface area (Å²) in [5.74, 6) is 0.264. The number of halogens is 1. The van der Waals surface area contributed by atoms with E-state index in [1.165, 1.54) is 30.8 Å². The van der Waals surface area contributed by atoms with E-state index in [1.807, 2.05) is 6.92 Å². The van der Waals surface area contributed by atoms with Crippen LogP contribution in [0.5, 0.6) is 0 Å². The van der Waals surface area contributed by atoms with E-state index in [0.717, 1.165) is 5.69 Å². The normalized spacial score (nSPS) is 12.1. The van der Waals surface area contributed by atoms with Crippen LogP contribution in [0, 0.1) is 12.7 Å².